The number of aromatic hydroxyl groups is 1. The minimum Gasteiger partial charge on any atom is -0.506 e. The summed E-state index contributed by atoms with van der Waals surface area (Å²) >= 11 is 5.92. The topological polar surface area (TPSA) is 71.1 Å². The quantitative estimate of drug-likeness (QED) is 0.866. The van der Waals surface area contributed by atoms with Crippen LogP contribution in [-0.4, -0.2) is 42.8 Å². The van der Waals surface area contributed by atoms with E-state index in [0.717, 1.165) is 5.56 Å². The van der Waals surface area contributed by atoms with Crippen molar-refractivity contribution in [2.24, 2.45) is 10.7 Å². The molecular weight excluding hydrogens is 254 g/mol. The number of hydrogen-bond donors (Lipinski definition) is 2. The summed E-state index contributed by atoms with van der Waals surface area (Å²) in [6, 6.07) is 5.22. The number of phenols is 1. The van der Waals surface area contributed by atoms with Gasteiger partial charge in [0.25, 0.3) is 0 Å². The zero-order chi connectivity index (χ0) is 13.1. The van der Waals surface area contributed by atoms with Gasteiger partial charge >= 0.3 is 0 Å². The molecule has 0 aromatic heterocycles. The van der Waals surface area contributed by atoms with Gasteiger partial charge < -0.3 is 20.5 Å². The monoisotopic (exact) mass is 269 g/mol. The van der Waals surface area contributed by atoms with Gasteiger partial charge in [0.05, 0.1) is 24.2 Å². The number of ether oxygens (including phenoxy) is 1. The van der Waals surface area contributed by atoms with Crippen LogP contribution in [0.2, 0.25) is 5.02 Å². The lowest BCUT2D eigenvalue weighted by atomic mass is 10.1. The van der Waals surface area contributed by atoms with Crippen molar-refractivity contribution in [3.63, 3.8) is 0 Å². The first-order valence-corrected chi connectivity index (χ1v) is 6.05. The maximum Gasteiger partial charge on any atom is 0.192 e. The van der Waals surface area contributed by atoms with Crippen LogP contribution >= 0.6 is 11.6 Å². The van der Waals surface area contributed by atoms with Gasteiger partial charge in [-0.05, 0) is 17.7 Å². The van der Waals surface area contributed by atoms with E-state index in [1.165, 1.54) is 0 Å². The third-order valence-electron chi connectivity index (χ3n) is 2.99. The largest absolute Gasteiger partial charge is 0.506 e. The van der Waals surface area contributed by atoms with Crippen LogP contribution < -0.4 is 5.73 Å². The lowest BCUT2D eigenvalue weighted by Gasteiger charge is -2.26. The Morgan fingerprint density at radius 3 is 3.06 bits per heavy atom. The van der Waals surface area contributed by atoms with E-state index >= 15 is 0 Å². The van der Waals surface area contributed by atoms with E-state index in [9.17, 15) is 5.11 Å². The van der Waals surface area contributed by atoms with Gasteiger partial charge in [0.1, 0.15) is 5.75 Å². The number of rotatable bonds is 4. The van der Waals surface area contributed by atoms with E-state index < -0.39 is 0 Å². The molecule has 1 heterocycles. The summed E-state index contributed by atoms with van der Waals surface area (Å²) in [5.41, 5.74) is 6.84. The number of aliphatic imine (C=N–C) groups is 1. The van der Waals surface area contributed by atoms with Crippen LogP contribution in [0.4, 0.5) is 0 Å². The molecule has 0 saturated carbocycles. The van der Waals surface area contributed by atoms with E-state index in [2.05, 4.69) is 4.99 Å². The van der Waals surface area contributed by atoms with Crippen LogP contribution in [0.25, 0.3) is 0 Å². The molecule has 0 radical (unpaired) electrons. The van der Waals surface area contributed by atoms with Gasteiger partial charge in [-0.25, -0.2) is 0 Å². The Morgan fingerprint density at radius 2 is 2.39 bits per heavy atom. The Labute approximate surface area is 111 Å². The van der Waals surface area contributed by atoms with E-state index in [-0.39, 0.29) is 11.8 Å². The average molecular weight is 270 g/mol. The average Bonchev–Trinajstić information content (AvgIpc) is 2.72. The maximum atomic E-state index is 9.43. The van der Waals surface area contributed by atoms with Gasteiger partial charge in [-0.15, -0.1) is 0 Å². The minimum absolute atomic E-state index is 0.0539. The molecule has 0 amide bonds. The summed E-state index contributed by atoms with van der Waals surface area (Å²) in [6.45, 7) is 1.85. The molecule has 1 atom stereocenters. The Morgan fingerprint density at radius 1 is 1.61 bits per heavy atom. The Hall–Kier alpha value is -1.46. The van der Waals surface area contributed by atoms with Crippen molar-refractivity contribution in [3.05, 3.63) is 28.8 Å². The summed E-state index contributed by atoms with van der Waals surface area (Å²) in [5.74, 6) is 0.594. The van der Waals surface area contributed by atoms with E-state index in [1.54, 1.807) is 19.2 Å². The van der Waals surface area contributed by atoms with Crippen molar-refractivity contribution in [3.8, 4) is 5.75 Å². The first-order chi connectivity index (χ1) is 8.63. The molecule has 0 fully saturated rings. The lowest BCUT2D eigenvalue weighted by Crippen LogP contribution is -2.38. The third kappa shape index (κ3) is 2.52. The van der Waals surface area contributed by atoms with Crippen LogP contribution in [-0.2, 0) is 4.74 Å². The summed E-state index contributed by atoms with van der Waals surface area (Å²) in [5, 5.41) is 9.76. The zero-order valence-corrected chi connectivity index (χ0v) is 10.9. The molecule has 2 rings (SSSR count). The van der Waals surface area contributed by atoms with Gasteiger partial charge in [-0.1, -0.05) is 17.7 Å². The van der Waals surface area contributed by atoms with Crippen molar-refractivity contribution in [2.45, 2.75) is 6.04 Å². The molecule has 1 aromatic rings. The molecule has 18 heavy (non-hydrogen) atoms. The van der Waals surface area contributed by atoms with Crippen LogP contribution in [0.15, 0.2) is 23.2 Å². The van der Waals surface area contributed by atoms with Crippen molar-refractivity contribution in [2.75, 3.05) is 26.8 Å². The second-order valence-corrected chi connectivity index (χ2v) is 4.52. The molecular formula is C12H16ClN3O2. The van der Waals surface area contributed by atoms with Crippen molar-refractivity contribution < 1.29 is 9.84 Å². The summed E-state index contributed by atoms with van der Waals surface area (Å²) in [7, 11) is 1.65. The fourth-order valence-electron chi connectivity index (χ4n) is 2.00. The number of phenolic OH excluding ortho intramolecular Hbond substituents is 1. The highest BCUT2D eigenvalue weighted by Crippen LogP contribution is 2.31. The first-order valence-electron chi connectivity index (χ1n) is 5.67. The minimum atomic E-state index is 0.0539. The predicted molar refractivity (Wildman–Crippen MR) is 70.9 cm³/mol. The van der Waals surface area contributed by atoms with Crippen LogP contribution in [0, 0.1) is 0 Å². The molecule has 1 aromatic carbocycles. The molecule has 1 aliphatic rings. The molecule has 3 N–H and O–H groups in total. The zero-order valence-electron chi connectivity index (χ0n) is 10.1. The van der Waals surface area contributed by atoms with Gasteiger partial charge in [0.15, 0.2) is 5.96 Å². The highest BCUT2D eigenvalue weighted by molar-refractivity contribution is 6.32. The van der Waals surface area contributed by atoms with Gasteiger partial charge in [0, 0.05) is 13.7 Å². The predicted octanol–water partition coefficient (Wildman–Crippen LogP) is 1.36. The van der Waals surface area contributed by atoms with E-state index in [4.69, 9.17) is 22.1 Å². The number of methoxy groups -OCH3 is 1. The smallest absolute Gasteiger partial charge is 0.192 e. The molecule has 0 bridgehead atoms. The Bertz CT molecular complexity index is 465. The summed E-state index contributed by atoms with van der Waals surface area (Å²) in [6.07, 6.45) is 0. The molecule has 0 aliphatic carbocycles. The number of nitrogens with two attached hydrogens (primary N) is 1. The van der Waals surface area contributed by atoms with Gasteiger partial charge in [-0.3, -0.25) is 4.99 Å². The molecule has 0 saturated heterocycles. The molecule has 1 aliphatic heterocycles. The highest BCUT2D eigenvalue weighted by Gasteiger charge is 2.27. The van der Waals surface area contributed by atoms with Crippen LogP contribution in [0.3, 0.4) is 0 Å². The molecule has 1 unspecified atom stereocenters. The number of hydrogen-bond acceptors (Lipinski definition) is 5. The third-order valence-corrected chi connectivity index (χ3v) is 3.29. The Kier molecular flexibility index (Phi) is 3.93. The summed E-state index contributed by atoms with van der Waals surface area (Å²) in [4.78, 5) is 6.22. The van der Waals surface area contributed by atoms with Crippen molar-refractivity contribution >= 4 is 17.6 Å². The van der Waals surface area contributed by atoms with Crippen LogP contribution in [0.1, 0.15) is 11.6 Å². The number of guanidine groups is 1. The summed E-state index contributed by atoms with van der Waals surface area (Å²) < 4.78 is 5.06. The molecule has 0 spiro atoms. The van der Waals surface area contributed by atoms with E-state index in [1.807, 2.05) is 11.0 Å². The highest BCUT2D eigenvalue weighted by atomic mass is 35.5. The normalized spacial score (nSPS) is 19.1. The fraction of sp³-hybridized carbons (Fsp3) is 0.417. The van der Waals surface area contributed by atoms with Crippen molar-refractivity contribution in [1.82, 2.24) is 4.90 Å². The first kappa shape index (κ1) is 13.0. The standard InChI is InChI=1S/C12H16ClN3O2/c1-18-5-4-16-10(7-15-12(16)14)8-2-3-11(17)9(13)6-8/h2-3,6,10,17H,4-5,7H2,1H3,(H2,14,15). The van der Waals surface area contributed by atoms with Crippen LogP contribution in [0.5, 0.6) is 5.75 Å². The molecule has 98 valence electrons. The Balaban J connectivity index is 2.19. The number of benzene rings is 1. The second kappa shape index (κ2) is 5.46. The molecule has 6 heteroatoms. The fourth-order valence-corrected chi connectivity index (χ4v) is 2.19. The van der Waals surface area contributed by atoms with Gasteiger partial charge in [0.2, 0.25) is 0 Å². The SMILES string of the molecule is COCCN1C(N)=NCC1c1ccc(O)c(Cl)c1. The van der Waals surface area contributed by atoms with E-state index in [0.29, 0.717) is 30.7 Å². The lowest BCUT2D eigenvalue weighted by molar-refractivity contribution is 0.166. The second-order valence-electron chi connectivity index (χ2n) is 4.11. The number of halogens is 1. The maximum absolute atomic E-state index is 9.43. The number of nitrogens with zero attached hydrogens (tertiary/aromatic N) is 2. The van der Waals surface area contributed by atoms with Crippen molar-refractivity contribution in [1.29, 1.82) is 0 Å². The van der Waals surface area contributed by atoms with Gasteiger partial charge in [-0.2, -0.15) is 0 Å². The molecule has 5 nitrogen and oxygen atoms in total.